The predicted molar refractivity (Wildman–Crippen MR) is 34.1 cm³/mol. The van der Waals surface area contributed by atoms with E-state index in [2.05, 4.69) is 6.42 Å². The molecule has 1 saturated carbocycles. The summed E-state index contributed by atoms with van der Waals surface area (Å²) in [6.07, 6.45) is 5.44. The zero-order valence-corrected chi connectivity index (χ0v) is 5.01. The van der Waals surface area contributed by atoms with Gasteiger partial charge in [0.1, 0.15) is 0 Å². The summed E-state index contributed by atoms with van der Waals surface area (Å²) in [6.45, 7) is 0. The van der Waals surface area contributed by atoms with Crippen LogP contribution in [0.2, 0.25) is 0 Å². The summed E-state index contributed by atoms with van der Waals surface area (Å²) in [5.41, 5.74) is 11.3. The lowest BCUT2D eigenvalue weighted by Gasteiger charge is -2.24. The fourth-order valence-electron chi connectivity index (χ4n) is 1.01. The van der Waals surface area contributed by atoms with Gasteiger partial charge < -0.3 is 11.5 Å². The lowest BCUT2D eigenvalue weighted by Crippen LogP contribution is -2.43. The highest BCUT2D eigenvalue weighted by Crippen LogP contribution is 2.13. The first-order valence-electron chi connectivity index (χ1n) is 3.13. The lowest BCUT2D eigenvalue weighted by molar-refractivity contribution is 0.439. The maximum atomic E-state index is 5.63. The summed E-state index contributed by atoms with van der Waals surface area (Å²) in [5, 5.41) is 0. The number of hydrogen-bond acceptors (Lipinski definition) is 2. The summed E-state index contributed by atoms with van der Waals surface area (Å²) < 4.78 is 0. The normalized spacial score (nSPS) is 39.8. The van der Waals surface area contributed by atoms with Gasteiger partial charge in [-0.05, 0) is 25.7 Å². The lowest BCUT2D eigenvalue weighted by atomic mass is 9.92. The minimum absolute atomic E-state index is 0.226. The molecule has 2 heteroatoms. The number of nitrogens with two attached hydrogens (primary N) is 2. The number of rotatable bonds is 0. The average Bonchev–Trinajstić information content (AvgIpc) is 1.77. The van der Waals surface area contributed by atoms with Crippen molar-refractivity contribution in [2.45, 2.75) is 31.3 Å². The zero-order chi connectivity index (χ0) is 5.98. The van der Waals surface area contributed by atoms with Crippen molar-refractivity contribution >= 4 is 0 Å². The van der Waals surface area contributed by atoms with Gasteiger partial charge in [0.15, 0.2) is 0 Å². The van der Waals surface area contributed by atoms with Crippen LogP contribution in [0.4, 0.5) is 0 Å². The first-order chi connectivity index (χ1) is 3.80. The molecular weight excluding hydrogens is 100 g/mol. The molecule has 0 saturated heterocycles. The van der Waals surface area contributed by atoms with Crippen molar-refractivity contribution in [2.24, 2.45) is 11.5 Å². The zero-order valence-electron chi connectivity index (χ0n) is 5.01. The van der Waals surface area contributed by atoms with Gasteiger partial charge in [0.2, 0.25) is 0 Å². The third kappa shape index (κ3) is 1.20. The van der Waals surface area contributed by atoms with Crippen LogP contribution in [0.1, 0.15) is 19.3 Å². The molecule has 0 aromatic rings. The van der Waals surface area contributed by atoms with Crippen molar-refractivity contribution in [3.8, 4) is 0 Å². The largest absolute Gasteiger partial charge is 0.326 e. The van der Waals surface area contributed by atoms with Crippen molar-refractivity contribution in [1.82, 2.24) is 0 Å². The van der Waals surface area contributed by atoms with E-state index >= 15 is 0 Å². The van der Waals surface area contributed by atoms with Crippen LogP contribution >= 0.6 is 0 Å². The Bertz CT molecular complexity index is 62.9. The maximum absolute atomic E-state index is 5.63. The van der Waals surface area contributed by atoms with Crippen LogP contribution in [0.15, 0.2) is 0 Å². The SMILES string of the molecule is NC1C[CH]CCC1N. The molecular formula is C6H13N2. The summed E-state index contributed by atoms with van der Waals surface area (Å²) in [7, 11) is 0. The summed E-state index contributed by atoms with van der Waals surface area (Å²) in [4.78, 5) is 0. The Morgan fingerprint density at radius 1 is 1.25 bits per heavy atom. The molecule has 0 heterocycles. The highest BCUT2D eigenvalue weighted by molar-refractivity contribution is 4.88. The van der Waals surface area contributed by atoms with Gasteiger partial charge >= 0.3 is 0 Å². The molecule has 1 rings (SSSR count). The molecule has 2 atom stereocenters. The molecule has 0 amide bonds. The molecule has 0 bridgehead atoms. The topological polar surface area (TPSA) is 52.0 Å². The van der Waals surface area contributed by atoms with E-state index in [1.165, 1.54) is 0 Å². The van der Waals surface area contributed by atoms with Gasteiger partial charge in [0.25, 0.3) is 0 Å². The van der Waals surface area contributed by atoms with E-state index in [0.717, 1.165) is 19.3 Å². The molecule has 1 aliphatic carbocycles. The quantitative estimate of drug-likeness (QED) is 0.465. The third-order valence-corrected chi connectivity index (χ3v) is 1.69. The Kier molecular flexibility index (Phi) is 1.86. The Labute approximate surface area is 50.2 Å². The monoisotopic (exact) mass is 113 g/mol. The smallest absolute Gasteiger partial charge is 0.0195 e. The minimum atomic E-state index is 0.226. The highest BCUT2D eigenvalue weighted by Gasteiger charge is 2.16. The highest BCUT2D eigenvalue weighted by atomic mass is 14.8. The fraction of sp³-hybridized carbons (Fsp3) is 0.833. The van der Waals surface area contributed by atoms with Gasteiger partial charge in [-0.25, -0.2) is 0 Å². The van der Waals surface area contributed by atoms with E-state index in [-0.39, 0.29) is 12.1 Å². The van der Waals surface area contributed by atoms with Gasteiger partial charge in [-0.1, -0.05) is 0 Å². The van der Waals surface area contributed by atoms with Crippen molar-refractivity contribution in [1.29, 1.82) is 0 Å². The van der Waals surface area contributed by atoms with E-state index in [1.807, 2.05) is 0 Å². The molecule has 8 heavy (non-hydrogen) atoms. The Morgan fingerprint density at radius 2 is 2.00 bits per heavy atom. The molecule has 1 radical (unpaired) electrons. The maximum Gasteiger partial charge on any atom is 0.0195 e. The van der Waals surface area contributed by atoms with E-state index in [1.54, 1.807) is 0 Å². The molecule has 1 aliphatic rings. The first kappa shape index (κ1) is 6.05. The summed E-state index contributed by atoms with van der Waals surface area (Å²) >= 11 is 0. The molecule has 2 unspecified atom stereocenters. The Morgan fingerprint density at radius 3 is 2.38 bits per heavy atom. The van der Waals surface area contributed by atoms with E-state index < -0.39 is 0 Å². The van der Waals surface area contributed by atoms with E-state index in [9.17, 15) is 0 Å². The Hall–Kier alpha value is -0.0800. The van der Waals surface area contributed by atoms with Crippen molar-refractivity contribution in [2.75, 3.05) is 0 Å². The molecule has 0 aromatic carbocycles. The first-order valence-corrected chi connectivity index (χ1v) is 3.13. The van der Waals surface area contributed by atoms with Crippen molar-refractivity contribution in [3.05, 3.63) is 6.42 Å². The van der Waals surface area contributed by atoms with Crippen LogP contribution in [0, 0.1) is 6.42 Å². The van der Waals surface area contributed by atoms with Crippen LogP contribution in [0.5, 0.6) is 0 Å². The van der Waals surface area contributed by atoms with Gasteiger partial charge in [0, 0.05) is 12.1 Å². The molecule has 1 fully saturated rings. The summed E-state index contributed by atoms with van der Waals surface area (Å²) in [5.74, 6) is 0. The van der Waals surface area contributed by atoms with Gasteiger partial charge in [0.05, 0.1) is 0 Å². The molecule has 47 valence electrons. The van der Waals surface area contributed by atoms with Crippen LogP contribution in [-0.2, 0) is 0 Å². The molecule has 2 nitrogen and oxygen atoms in total. The molecule has 0 spiro atoms. The van der Waals surface area contributed by atoms with Crippen molar-refractivity contribution in [3.63, 3.8) is 0 Å². The van der Waals surface area contributed by atoms with E-state index in [4.69, 9.17) is 11.5 Å². The van der Waals surface area contributed by atoms with Crippen LogP contribution < -0.4 is 11.5 Å². The second-order valence-corrected chi connectivity index (χ2v) is 2.43. The molecule has 0 aromatic heterocycles. The third-order valence-electron chi connectivity index (χ3n) is 1.69. The predicted octanol–water partition coefficient (Wildman–Crippen LogP) is 0.0292. The van der Waals surface area contributed by atoms with Crippen LogP contribution in [0.25, 0.3) is 0 Å². The van der Waals surface area contributed by atoms with Gasteiger partial charge in [-0.15, -0.1) is 0 Å². The standard InChI is InChI=1S/C6H13N2/c7-5-3-1-2-4-6(5)8/h1,5-6H,2-4,7-8H2. The molecule has 4 N–H and O–H groups in total. The van der Waals surface area contributed by atoms with Gasteiger partial charge in [-0.2, -0.15) is 0 Å². The van der Waals surface area contributed by atoms with E-state index in [0.29, 0.717) is 0 Å². The fourth-order valence-corrected chi connectivity index (χ4v) is 1.01. The van der Waals surface area contributed by atoms with Crippen LogP contribution in [0.3, 0.4) is 0 Å². The van der Waals surface area contributed by atoms with Crippen LogP contribution in [-0.4, -0.2) is 12.1 Å². The Balaban J connectivity index is 2.28. The van der Waals surface area contributed by atoms with Gasteiger partial charge in [-0.3, -0.25) is 0 Å². The summed E-state index contributed by atoms with van der Waals surface area (Å²) in [6, 6.07) is 0.476. The molecule has 0 aliphatic heterocycles. The minimum Gasteiger partial charge on any atom is -0.326 e. The number of hydrogen-bond donors (Lipinski definition) is 2. The van der Waals surface area contributed by atoms with Crippen molar-refractivity contribution < 1.29 is 0 Å². The second kappa shape index (κ2) is 2.46. The average molecular weight is 113 g/mol. The second-order valence-electron chi connectivity index (χ2n) is 2.43.